The second-order valence-corrected chi connectivity index (χ2v) is 7.17. The van der Waals surface area contributed by atoms with E-state index in [-0.39, 0.29) is 5.69 Å². The van der Waals surface area contributed by atoms with E-state index in [0.29, 0.717) is 23.9 Å². The number of halogens is 1. The van der Waals surface area contributed by atoms with Gasteiger partial charge in [0.1, 0.15) is 11.4 Å². The predicted octanol–water partition coefficient (Wildman–Crippen LogP) is 5.59. The van der Waals surface area contributed by atoms with Crippen LogP contribution in [0.3, 0.4) is 0 Å². The zero-order chi connectivity index (χ0) is 21.1. The highest BCUT2D eigenvalue weighted by atomic mass is 35.5. The molecule has 0 unspecified atom stereocenters. The summed E-state index contributed by atoms with van der Waals surface area (Å²) < 4.78 is 12.6. The summed E-state index contributed by atoms with van der Waals surface area (Å²) in [6.07, 6.45) is 0. The molecule has 4 aromatic rings. The van der Waals surface area contributed by atoms with Gasteiger partial charge in [-0.1, -0.05) is 48.0 Å². The summed E-state index contributed by atoms with van der Waals surface area (Å²) in [6, 6.07) is 21.5. The molecule has 0 aliphatic rings. The van der Waals surface area contributed by atoms with Crippen molar-refractivity contribution in [1.29, 1.82) is 0 Å². The lowest BCUT2D eigenvalue weighted by Crippen LogP contribution is -2.09. The average molecular weight is 421 g/mol. The number of benzene rings is 2. The first-order valence-electron chi connectivity index (χ1n) is 9.66. The third kappa shape index (κ3) is 3.89. The number of esters is 1. The molecule has 0 spiro atoms. The smallest absolute Gasteiger partial charge is 0.356 e. The van der Waals surface area contributed by atoms with Gasteiger partial charge in [-0.2, -0.15) is 0 Å². The number of hydrogen-bond acceptors (Lipinski definition) is 4. The van der Waals surface area contributed by atoms with E-state index in [1.165, 1.54) is 7.11 Å². The van der Waals surface area contributed by atoms with Crippen molar-refractivity contribution in [1.82, 2.24) is 9.55 Å². The molecule has 0 saturated heterocycles. The minimum atomic E-state index is -0.457. The molecule has 30 heavy (non-hydrogen) atoms. The number of carbonyl (C=O) groups excluding carboxylic acids is 1. The van der Waals surface area contributed by atoms with Crippen LogP contribution in [0.5, 0.6) is 5.75 Å². The number of ether oxygens (including phenoxy) is 2. The van der Waals surface area contributed by atoms with E-state index in [2.05, 4.69) is 27.8 Å². The maximum atomic E-state index is 11.9. The van der Waals surface area contributed by atoms with Gasteiger partial charge >= 0.3 is 5.97 Å². The Morgan fingerprint density at radius 2 is 1.87 bits per heavy atom. The maximum Gasteiger partial charge on any atom is 0.356 e. The molecule has 0 atom stereocenters. The molecule has 152 valence electrons. The third-order valence-corrected chi connectivity index (χ3v) is 5.14. The van der Waals surface area contributed by atoms with Gasteiger partial charge in [-0.05, 0) is 42.8 Å². The summed E-state index contributed by atoms with van der Waals surface area (Å²) in [4.78, 5) is 16.4. The summed E-state index contributed by atoms with van der Waals surface area (Å²) in [5, 5.41) is 1.57. The number of nitrogens with zero attached hydrogens (tertiary/aromatic N) is 2. The van der Waals surface area contributed by atoms with Crippen molar-refractivity contribution in [2.24, 2.45) is 0 Å². The Bertz CT molecular complexity index is 1200. The van der Waals surface area contributed by atoms with E-state index in [1.807, 2.05) is 49.4 Å². The van der Waals surface area contributed by atoms with E-state index < -0.39 is 5.97 Å². The topological polar surface area (TPSA) is 53.4 Å². The van der Waals surface area contributed by atoms with Gasteiger partial charge < -0.3 is 14.0 Å². The molecule has 0 saturated carbocycles. The van der Waals surface area contributed by atoms with Crippen molar-refractivity contribution in [3.8, 4) is 17.0 Å². The Hall–Kier alpha value is -3.31. The highest BCUT2D eigenvalue weighted by Crippen LogP contribution is 2.35. The lowest BCUT2D eigenvalue weighted by molar-refractivity contribution is 0.0593. The van der Waals surface area contributed by atoms with Crippen molar-refractivity contribution in [3.63, 3.8) is 0 Å². The van der Waals surface area contributed by atoms with Gasteiger partial charge in [-0.3, -0.25) is 0 Å². The monoisotopic (exact) mass is 420 g/mol. The molecule has 0 fully saturated rings. The van der Waals surface area contributed by atoms with Crippen LogP contribution in [0.25, 0.3) is 22.2 Å². The molecule has 0 aliphatic heterocycles. The average Bonchev–Trinajstić information content (AvgIpc) is 3.11. The summed E-state index contributed by atoms with van der Waals surface area (Å²) in [7, 11) is 1.35. The van der Waals surface area contributed by atoms with Crippen LogP contribution in [0.4, 0.5) is 0 Å². The molecule has 0 bridgehead atoms. The lowest BCUT2D eigenvalue weighted by atomic mass is 10.1. The fourth-order valence-corrected chi connectivity index (χ4v) is 3.71. The number of methoxy groups -OCH3 is 1. The number of rotatable bonds is 6. The normalized spacial score (nSPS) is 10.9. The molecule has 0 amide bonds. The standard InChI is InChI=1S/C24H21ClN2O3/c1-3-30-23-13-17-12-21(16-8-5-4-6-9-16)27(22(17)14-19(23)25)15-18-10-7-11-20(26-18)24(28)29-2/h4-14H,3,15H2,1-2H3. The second-order valence-electron chi connectivity index (χ2n) is 6.76. The van der Waals surface area contributed by atoms with Crippen molar-refractivity contribution in [3.05, 3.63) is 83.1 Å². The van der Waals surface area contributed by atoms with Crippen LogP contribution in [0, 0.1) is 0 Å². The Morgan fingerprint density at radius 3 is 2.60 bits per heavy atom. The van der Waals surface area contributed by atoms with Crippen LogP contribution in [0.1, 0.15) is 23.1 Å². The highest BCUT2D eigenvalue weighted by Gasteiger charge is 2.16. The molecule has 5 nitrogen and oxygen atoms in total. The largest absolute Gasteiger partial charge is 0.492 e. The second kappa shape index (κ2) is 8.59. The van der Waals surface area contributed by atoms with E-state index in [9.17, 15) is 4.79 Å². The Morgan fingerprint density at radius 1 is 1.07 bits per heavy atom. The van der Waals surface area contributed by atoms with Crippen molar-refractivity contribution >= 4 is 28.5 Å². The molecule has 0 N–H and O–H groups in total. The van der Waals surface area contributed by atoms with E-state index in [1.54, 1.807) is 6.07 Å². The molecule has 0 radical (unpaired) electrons. The predicted molar refractivity (Wildman–Crippen MR) is 118 cm³/mol. The van der Waals surface area contributed by atoms with Gasteiger partial charge in [-0.25, -0.2) is 9.78 Å². The fourth-order valence-electron chi connectivity index (χ4n) is 3.50. The van der Waals surface area contributed by atoms with Crippen LogP contribution in [0.2, 0.25) is 5.02 Å². The zero-order valence-electron chi connectivity index (χ0n) is 16.8. The van der Waals surface area contributed by atoms with Gasteiger partial charge in [0.2, 0.25) is 0 Å². The molecular weight excluding hydrogens is 400 g/mol. The van der Waals surface area contributed by atoms with E-state index in [0.717, 1.165) is 27.9 Å². The molecule has 2 aromatic heterocycles. The first-order valence-corrected chi connectivity index (χ1v) is 10.0. The quantitative estimate of drug-likeness (QED) is 0.381. The van der Waals surface area contributed by atoms with Gasteiger partial charge in [0, 0.05) is 11.1 Å². The number of fused-ring (bicyclic) bond motifs is 1. The van der Waals surface area contributed by atoms with E-state index in [4.69, 9.17) is 21.1 Å². The highest BCUT2D eigenvalue weighted by molar-refractivity contribution is 6.32. The molecular formula is C24H21ClN2O3. The van der Waals surface area contributed by atoms with Crippen molar-refractivity contribution < 1.29 is 14.3 Å². The third-order valence-electron chi connectivity index (χ3n) is 4.85. The Labute approximate surface area is 179 Å². The summed E-state index contributed by atoms with van der Waals surface area (Å²) >= 11 is 6.48. The van der Waals surface area contributed by atoms with E-state index >= 15 is 0 Å². The van der Waals surface area contributed by atoms with Gasteiger partial charge in [0.15, 0.2) is 0 Å². The summed E-state index contributed by atoms with van der Waals surface area (Å²) in [5.41, 5.74) is 4.10. The first-order chi connectivity index (χ1) is 14.6. The van der Waals surface area contributed by atoms with Crippen LogP contribution in [-0.4, -0.2) is 29.2 Å². The minimum Gasteiger partial charge on any atom is -0.492 e. The molecule has 2 heterocycles. The van der Waals surface area contributed by atoms with Crippen LogP contribution in [0.15, 0.2) is 66.7 Å². The van der Waals surface area contributed by atoms with Crippen LogP contribution >= 0.6 is 11.6 Å². The SMILES string of the molecule is CCOc1cc2cc(-c3ccccc3)n(Cc3cccc(C(=O)OC)n3)c2cc1Cl. The number of aromatic nitrogens is 2. The van der Waals surface area contributed by atoms with Crippen LogP contribution < -0.4 is 4.74 Å². The number of carbonyl (C=O) groups is 1. The Kier molecular flexibility index (Phi) is 5.72. The summed E-state index contributed by atoms with van der Waals surface area (Å²) in [6.45, 7) is 2.95. The fraction of sp³-hybridized carbons (Fsp3) is 0.167. The van der Waals surface area contributed by atoms with Crippen molar-refractivity contribution in [2.45, 2.75) is 13.5 Å². The maximum absolute atomic E-state index is 11.9. The summed E-state index contributed by atoms with van der Waals surface area (Å²) in [5.74, 6) is 0.205. The molecule has 4 rings (SSSR count). The van der Waals surface area contributed by atoms with Gasteiger partial charge in [0.05, 0.1) is 36.5 Å². The first kappa shape index (κ1) is 20.0. The molecule has 6 heteroatoms. The number of pyridine rings is 1. The molecule has 2 aromatic carbocycles. The molecule has 0 aliphatic carbocycles. The van der Waals surface area contributed by atoms with Crippen LogP contribution in [-0.2, 0) is 11.3 Å². The van der Waals surface area contributed by atoms with Crippen molar-refractivity contribution in [2.75, 3.05) is 13.7 Å². The van der Waals surface area contributed by atoms with Gasteiger partial charge in [0.25, 0.3) is 0 Å². The zero-order valence-corrected chi connectivity index (χ0v) is 17.5. The minimum absolute atomic E-state index is 0.282. The Balaban J connectivity index is 1.86. The lowest BCUT2D eigenvalue weighted by Gasteiger charge is -2.12. The van der Waals surface area contributed by atoms with Gasteiger partial charge in [-0.15, -0.1) is 0 Å². The number of hydrogen-bond donors (Lipinski definition) is 0.